The van der Waals surface area contributed by atoms with Crippen LogP contribution >= 0.6 is 0 Å². The zero-order valence-electron chi connectivity index (χ0n) is 14.5. The van der Waals surface area contributed by atoms with E-state index in [1.165, 1.54) is 32.4 Å². The van der Waals surface area contributed by atoms with Gasteiger partial charge in [-0.3, -0.25) is 0 Å². The van der Waals surface area contributed by atoms with Gasteiger partial charge in [0, 0.05) is 51.3 Å². The molecule has 2 rings (SSSR count). The van der Waals surface area contributed by atoms with Crippen LogP contribution in [0.4, 0.5) is 0 Å². The Labute approximate surface area is 141 Å². The minimum Gasteiger partial charge on any atom is -0.315 e. The van der Waals surface area contributed by atoms with Gasteiger partial charge in [0.1, 0.15) is 6.54 Å². The molecule has 3 N–H and O–H groups in total. The van der Waals surface area contributed by atoms with Crippen LogP contribution < -0.4 is 20.5 Å². The highest BCUT2D eigenvalue weighted by Crippen LogP contribution is 1.95. The summed E-state index contributed by atoms with van der Waals surface area (Å²) < 4.78 is 2.27. The molecule has 1 fully saturated rings. The molecule has 1 aromatic rings. The van der Waals surface area contributed by atoms with E-state index < -0.39 is 0 Å². The Morgan fingerprint density at radius 1 is 0.739 bits per heavy atom. The van der Waals surface area contributed by atoms with Crippen molar-refractivity contribution in [3.8, 4) is 0 Å². The molecule has 1 saturated heterocycles. The number of nitrogens with one attached hydrogen (secondary N) is 3. The number of aromatic nitrogens is 1. The molecule has 0 atom stereocenters. The maximum absolute atomic E-state index is 3.57. The van der Waals surface area contributed by atoms with E-state index in [0.29, 0.717) is 0 Å². The first-order chi connectivity index (χ1) is 11.4. The lowest BCUT2D eigenvalue weighted by atomic mass is 10.3. The maximum Gasteiger partial charge on any atom is 0.168 e. The summed E-state index contributed by atoms with van der Waals surface area (Å²) in [5.41, 5.74) is 0. The van der Waals surface area contributed by atoms with Crippen LogP contribution in [-0.2, 0) is 6.54 Å². The fourth-order valence-corrected chi connectivity index (χ4v) is 2.95. The molecule has 0 unspecified atom stereocenters. The first-order valence-corrected chi connectivity index (χ1v) is 9.24. The van der Waals surface area contributed by atoms with Gasteiger partial charge in [-0.15, -0.1) is 0 Å². The van der Waals surface area contributed by atoms with E-state index in [2.05, 4.69) is 56.0 Å². The van der Waals surface area contributed by atoms with Gasteiger partial charge in [0.05, 0.1) is 0 Å². The Kier molecular flexibility index (Phi) is 9.90. The van der Waals surface area contributed by atoms with E-state index in [0.717, 1.165) is 52.4 Å². The standard InChI is InChI=1S/C18H34N5/c1-2-13-22(14-3-1)16-6-17-23-15-5-9-20-11-10-19-7-4-8-21-12-18-23/h1-3,13-14,19-21H,4-12,15-18H2/q+1. The molecule has 1 aliphatic rings. The van der Waals surface area contributed by atoms with Gasteiger partial charge in [0.15, 0.2) is 12.4 Å². The molecule has 0 aliphatic carbocycles. The van der Waals surface area contributed by atoms with Gasteiger partial charge in [-0.25, -0.2) is 4.57 Å². The molecule has 130 valence electrons. The summed E-state index contributed by atoms with van der Waals surface area (Å²) in [7, 11) is 0. The van der Waals surface area contributed by atoms with Gasteiger partial charge in [-0.1, -0.05) is 6.07 Å². The molecule has 0 amide bonds. The molecule has 0 saturated carbocycles. The molecule has 5 heteroatoms. The second-order valence-corrected chi connectivity index (χ2v) is 6.27. The van der Waals surface area contributed by atoms with Crippen molar-refractivity contribution in [2.75, 3.05) is 58.9 Å². The van der Waals surface area contributed by atoms with Gasteiger partial charge < -0.3 is 20.9 Å². The van der Waals surface area contributed by atoms with Crippen LogP contribution in [-0.4, -0.2) is 63.8 Å². The highest BCUT2D eigenvalue weighted by Gasteiger charge is 2.07. The second-order valence-electron chi connectivity index (χ2n) is 6.27. The van der Waals surface area contributed by atoms with Crippen LogP contribution in [0, 0.1) is 0 Å². The van der Waals surface area contributed by atoms with E-state index in [4.69, 9.17) is 0 Å². The van der Waals surface area contributed by atoms with Crippen molar-refractivity contribution in [1.82, 2.24) is 20.9 Å². The molecule has 0 aromatic carbocycles. The lowest BCUT2D eigenvalue weighted by Crippen LogP contribution is -2.39. The third-order valence-corrected chi connectivity index (χ3v) is 4.29. The van der Waals surface area contributed by atoms with Gasteiger partial charge >= 0.3 is 0 Å². The summed E-state index contributed by atoms with van der Waals surface area (Å²) in [6, 6.07) is 6.28. The molecule has 0 radical (unpaired) electrons. The Bertz CT molecular complexity index is 370. The minimum absolute atomic E-state index is 1.08. The highest BCUT2D eigenvalue weighted by atomic mass is 15.1. The SMILES string of the molecule is c1cc[n+](CCCN2CCCNCCNCCCNCC2)cc1. The van der Waals surface area contributed by atoms with E-state index in [9.17, 15) is 0 Å². The van der Waals surface area contributed by atoms with E-state index in [1.807, 2.05) is 0 Å². The van der Waals surface area contributed by atoms with Gasteiger partial charge in [-0.2, -0.15) is 0 Å². The lowest BCUT2D eigenvalue weighted by molar-refractivity contribution is -0.697. The summed E-state index contributed by atoms with van der Waals surface area (Å²) in [6.45, 7) is 11.3. The Morgan fingerprint density at radius 3 is 2.22 bits per heavy atom. The first kappa shape index (κ1) is 18.3. The van der Waals surface area contributed by atoms with Crippen molar-refractivity contribution in [2.45, 2.75) is 25.8 Å². The Morgan fingerprint density at radius 2 is 1.43 bits per heavy atom. The number of nitrogens with zero attached hydrogens (tertiary/aromatic N) is 2. The van der Waals surface area contributed by atoms with Crippen molar-refractivity contribution in [1.29, 1.82) is 0 Å². The maximum atomic E-state index is 3.57. The summed E-state index contributed by atoms with van der Waals surface area (Å²) >= 11 is 0. The normalized spacial score (nSPS) is 20.0. The minimum atomic E-state index is 1.08. The molecule has 2 heterocycles. The van der Waals surface area contributed by atoms with Crippen LogP contribution in [0.1, 0.15) is 19.3 Å². The molecular weight excluding hydrogens is 286 g/mol. The van der Waals surface area contributed by atoms with Gasteiger partial charge in [-0.05, 0) is 39.0 Å². The molecule has 1 aliphatic heterocycles. The van der Waals surface area contributed by atoms with Crippen molar-refractivity contribution in [3.05, 3.63) is 30.6 Å². The van der Waals surface area contributed by atoms with E-state index in [1.54, 1.807) is 0 Å². The van der Waals surface area contributed by atoms with Crippen LogP contribution in [0.15, 0.2) is 30.6 Å². The predicted molar refractivity (Wildman–Crippen MR) is 95.5 cm³/mol. The predicted octanol–water partition coefficient (Wildman–Crippen LogP) is 0.229. The van der Waals surface area contributed by atoms with E-state index >= 15 is 0 Å². The van der Waals surface area contributed by atoms with Crippen LogP contribution in [0.25, 0.3) is 0 Å². The number of pyridine rings is 1. The van der Waals surface area contributed by atoms with Crippen LogP contribution in [0.5, 0.6) is 0 Å². The summed E-state index contributed by atoms with van der Waals surface area (Å²) in [4.78, 5) is 2.61. The Balaban J connectivity index is 1.67. The summed E-state index contributed by atoms with van der Waals surface area (Å²) in [5, 5.41) is 10.6. The fraction of sp³-hybridized carbons (Fsp3) is 0.722. The lowest BCUT2D eigenvalue weighted by Gasteiger charge is -2.22. The number of rotatable bonds is 4. The van der Waals surface area contributed by atoms with Crippen molar-refractivity contribution in [2.24, 2.45) is 0 Å². The summed E-state index contributed by atoms with van der Waals surface area (Å²) in [5.74, 6) is 0. The molecule has 0 spiro atoms. The number of hydrogen-bond acceptors (Lipinski definition) is 4. The third kappa shape index (κ3) is 9.01. The van der Waals surface area contributed by atoms with Crippen LogP contribution in [0.2, 0.25) is 0 Å². The van der Waals surface area contributed by atoms with E-state index in [-0.39, 0.29) is 0 Å². The monoisotopic (exact) mass is 320 g/mol. The van der Waals surface area contributed by atoms with Gasteiger partial charge in [0.25, 0.3) is 0 Å². The fourth-order valence-electron chi connectivity index (χ4n) is 2.95. The number of hydrogen-bond donors (Lipinski definition) is 3. The molecule has 5 nitrogen and oxygen atoms in total. The average molecular weight is 321 g/mol. The average Bonchev–Trinajstić information content (AvgIpc) is 2.59. The van der Waals surface area contributed by atoms with Gasteiger partial charge in [0.2, 0.25) is 0 Å². The van der Waals surface area contributed by atoms with Crippen LogP contribution in [0.3, 0.4) is 0 Å². The quantitative estimate of drug-likeness (QED) is 0.695. The molecule has 23 heavy (non-hydrogen) atoms. The van der Waals surface area contributed by atoms with Crippen molar-refractivity contribution < 1.29 is 4.57 Å². The molecular formula is C18H34N5+. The third-order valence-electron chi connectivity index (χ3n) is 4.29. The topological polar surface area (TPSA) is 43.2 Å². The zero-order valence-corrected chi connectivity index (χ0v) is 14.5. The Hall–Kier alpha value is -1.01. The first-order valence-electron chi connectivity index (χ1n) is 9.24. The summed E-state index contributed by atoms with van der Waals surface area (Å²) in [6.07, 6.45) is 7.97. The molecule has 0 bridgehead atoms. The van der Waals surface area contributed by atoms with Crippen molar-refractivity contribution >= 4 is 0 Å². The number of aryl methyl sites for hydroxylation is 1. The molecule has 1 aromatic heterocycles. The largest absolute Gasteiger partial charge is 0.315 e. The van der Waals surface area contributed by atoms with Crippen molar-refractivity contribution in [3.63, 3.8) is 0 Å². The second kappa shape index (κ2) is 12.4. The zero-order chi connectivity index (χ0) is 16.0. The highest BCUT2D eigenvalue weighted by molar-refractivity contribution is 4.83. The smallest absolute Gasteiger partial charge is 0.168 e.